The van der Waals surface area contributed by atoms with Crippen LogP contribution in [0, 0.1) is 0 Å². The normalized spacial score (nSPS) is 21.6. The first-order valence-electron chi connectivity index (χ1n) is 11.1. The fourth-order valence-corrected chi connectivity index (χ4v) is 4.89. The molecule has 3 amide bonds. The number of hydrogen-bond donors (Lipinski definition) is 2. The summed E-state index contributed by atoms with van der Waals surface area (Å²) < 4.78 is 0. The molecule has 2 aromatic carbocycles. The molecule has 2 aromatic rings. The maximum absolute atomic E-state index is 13.0. The number of piperidine rings is 1. The number of nitrogens with zero attached hydrogens (tertiary/aromatic N) is 3. The maximum Gasteiger partial charge on any atom is 0.255 e. The molecule has 3 heterocycles. The summed E-state index contributed by atoms with van der Waals surface area (Å²) in [5.74, 6) is -0.763. The molecule has 166 valence electrons. The van der Waals surface area contributed by atoms with Gasteiger partial charge in [0.2, 0.25) is 11.8 Å². The summed E-state index contributed by atoms with van der Waals surface area (Å²) in [4.78, 5) is 43.2. The lowest BCUT2D eigenvalue weighted by Crippen LogP contribution is -2.52. The van der Waals surface area contributed by atoms with Crippen molar-refractivity contribution in [2.24, 2.45) is 0 Å². The number of hydrogen-bond acceptors (Lipinski definition) is 6. The van der Waals surface area contributed by atoms with Crippen molar-refractivity contribution in [1.29, 1.82) is 0 Å². The predicted octanol–water partition coefficient (Wildman–Crippen LogP) is 1.35. The highest BCUT2D eigenvalue weighted by molar-refractivity contribution is 6.05. The number of fused-ring (bicyclic) bond motifs is 1. The molecule has 0 bridgehead atoms. The Bertz CT molecular complexity index is 1060. The van der Waals surface area contributed by atoms with E-state index in [0.29, 0.717) is 18.5 Å². The number of nitrogens with two attached hydrogens (primary N) is 1. The smallest absolute Gasteiger partial charge is 0.255 e. The van der Waals surface area contributed by atoms with Crippen molar-refractivity contribution >= 4 is 29.1 Å². The van der Waals surface area contributed by atoms with Gasteiger partial charge in [-0.05, 0) is 47.9 Å². The quantitative estimate of drug-likeness (QED) is 0.558. The van der Waals surface area contributed by atoms with Gasteiger partial charge in [0, 0.05) is 62.6 Å². The zero-order valence-electron chi connectivity index (χ0n) is 17.9. The molecule has 0 spiro atoms. The predicted molar refractivity (Wildman–Crippen MR) is 121 cm³/mol. The van der Waals surface area contributed by atoms with Gasteiger partial charge in [-0.25, -0.2) is 0 Å². The molecule has 8 nitrogen and oxygen atoms in total. The second-order valence-corrected chi connectivity index (χ2v) is 8.70. The Morgan fingerprint density at radius 2 is 1.72 bits per heavy atom. The average molecular weight is 434 g/mol. The third-order valence-corrected chi connectivity index (χ3v) is 6.70. The number of imide groups is 1. The van der Waals surface area contributed by atoms with Crippen LogP contribution in [0.1, 0.15) is 34.3 Å². The first-order valence-corrected chi connectivity index (χ1v) is 11.1. The standard InChI is InChI=1S/C24H27N5O3/c25-17-4-6-18(7-5-17)28-12-10-27(11-13-28)14-16-2-1-3-19-20(16)15-29(24(19)32)21-8-9-22(30)26-23(21)31/h1-7,21H,8-15,25H2,(H,26,30,31). The van der Waals surface area contributed by atoms with Gasteiger partial charge in [0.15, 0.2) is 0 Å². The second kappa shape index (κ2) is 8.27. The Hall–Kier alpha value is -3.39. The van der Waals surface area contributed by atoms with Crippen LogP contribution in [0.5, 0.6) is 0 Å². The van der Waals surface area contributed by atoms with Gasteiger partial charge in [-0.3, -0.25) is 24.6 Å². The van der Waals surface area contributed by atoms with E-state index < -0.39 is 6.04 Å². The monoisotopic (exact) mass is 433 g/mol. The fraction of sp³-hybridized carbons (Fsp3) is 0.375. The van der Waals surface area contributed by atoms with Gasteiger partial charge in [-0.2, -0.15) is 0 Å². The number of carbonyl (C=O) groups is 3. The molecule has 3 aliphatic heterocycles. The van der Waals surface area contributed by atoms with E-state index in [1.165, 1.54) is 5.69 Å². The van der Waals surface area contributed by atoms with E-state index in [0.717, 1.165) is 49.5 Å². The molecule has 0 aromatic heterocycles. The Labute approximate surface area is 187 Å². The number of anilines is 2. The first kappa shape index (κ1) is 20.5. The fourth-order valence-electron chi connectivity index (χ4n) is 4.89. The lowest BCUT2D eigenvalue weighted by Gasteiger charge is -2.36. The van der Waals surface area contributed by atoms with Crippen LogP contribution in [-0.2, 0) is 22.7 Å². The Morgan fingerprint density at radius 3 is 2.44 bits per heavy atom. The summed E-state index contributed by atoms with van der Waals surface area (Å²) in [6, 6.07) is 13.2. The van der Waals surface area contributed by atoms with Gasteiger partial charge in [0.05, 0.1) is 0 Å². The molecule has 32 heavy (non-hydrogen) atoms. The van der Waals surface area contributed by atoms with Crippen LogP contribution >= 0.6 is 0 Å². The van der Waals surface area contributed by atoms with Crippen LogP contribution in [0.2, 0.25) is 0 Å². The lowest BCUT2D eigenvalue weighted by molar-refractivity contribution is -0.136. The molecule has 2 saturated heterocycles. The molecule has 0 radical (unpaired) electrons. The van der Waals surface area contributed by atoms with Crippen LogP contribution in [0.4, 0.5) is 11.4 Å². The van der Waals surface area contributed by atoms with E-state index in [-0.39, 0.29) is 24.1 Å². The zero-order chi connectivity index (χ0) is 22.2. The summed E-state index contributed by atoms with van der Waals surface area (Å²) >= 11 is 0. The topological polar surface area (TPSA) is 99.0 Å². The number of rotatable bonds is 4. The summed E-state index contributed by atoms with van der Waals surface area (Å²) in [6.07, 6.45) is 0.647. The number of nitrogens with one attached hydrogen (secondary N) is 1. The number of carbonyl (C=O) groups excluding carboxylic acids is 3. The number of amides is 3. The Balaban J connectivity index is 1.26. The molecular formula is C24H27N5O3. The van der Waals surface area contributed by atoms with Crippen LogP contribution in [0.15, 0.2) is 42.5 Å². The van der Waals surface area contributed by atoms with Gasteiger partial charge < -0.3 is 15.5 Å². The number of nitrogen functional groups attached to an aromatic ring is 1. The highest BCUT2D eigenvalue weighted by atomic mass is 16.2. The Morgan fingerprint density at radius 1 is 0.969 bits per heavy atom. The summed E-state index contributed by atoms with van der Waals surface area (Å²) in [5, 5.41) is 2.36. The second-order valence-electron chi connectivity index (χ2n) is 8.70. The highest BCUT2D eigenvalue weighted by Gasteiger charge is 2.39. The molecule has 3 aliphatic rings. The van der Waals surface area contributed by atoms with E-state index in [4.69, 9.17) is 5.73 Å². The summed E-state index contributed by atoms with van der Waals surface area (Å²) in [5.41, 5.74) is 10.6. The van der Waals surface area contributed by atoms with Crippen molar-refractivity contribution in [2.75, 3.05) is 36.8 Å². The van der Waals surface area contributed by atoms with E-state index in [2.05, 4.69) is 33.3 Å². The van der Waals surface area contributed by atoms with Gasteiger partial charge in [0.1, 0.15) is 6.04 Å². The van der Waals surface area contributed by atoms with E-state index in [9.17, 15) is 14.4 Å². The van der Waals surface area contributed by atoms with Gasteiger partial charge in [0.25, 0.3) is 5.91 Å². The minimum atomic E-state index is -0.580. The molecule has 2 fully saturated rings. The average Bonchev–Trinajstić information content (AvgIpc) is 3.12. The van der Waals surface area contributed by atoms with Gasteiger partial charge in [-0.1, -0.05) is 12.1 Å². The third kappa shape index (κ3) is 3.82. The maximum atomic E-state index is 13.0. The van der Waals surface area contributed by atoms with Crippen LogP contribution in [-0.4, -0.2) is 59.7 Å². The van der Waals surface area contributed by atoms with Crippen molar-refractivity contribution in [1.82, 2.24) is 15.1 Å². The minimum absolute atomic E-state index is 0.121. The van der Waals surface area contributed by atoms with Crippen molar-refractivity contribution in [2.45, 2.75) is 32.0 Å². The molecule has 0 aliphatic carbocycles. The molecule has 1 atom stereocenters. The largest absolute Gasteiger partial charge is 0.399 e. The van der Waals surface area contributed by atoms with Crippen LogP contribution in [0.25, 0.3) is 0 Å². The van der Waals surface area contributed by atoms with E-state index >= 15 is 0 Å². The SMILES string of the molecule is Nc1ccc(N2CCN(Cc3cccc4c3CN(C3CCC(=O)NC3=O)C4=O)CC2)cc1. The molecule has 3 N–H and O–H groups in total. The summed E-state index contributed by atoms with van der Waals surface area (Å²) in [6.45, 7) is 4.91. The highest BCUT2D eigenvalue weighted by Crippen LogP contribution is 2.30. The van der Waals surface area contributed by atoms with E-state index in [1.807, 2.05) is 24.3 Å². The van der Waals surface area contributed by atoms with Crippen LogP contribution in [0.3, 0.4) is 0 Å². The van der Waals surface area contributed by atoms with Crippen LogP contribution < -0.4 is 16.0 Å². The Kier molecular flexibility index (Phi) is 5.30. The molecule has 0 saturated carbocycles. The van der Waals surface area contributed by atoms with Gasteiger partial charge >= 0.3 is 0 Å². The third-order valence-electron chi connectivity index (χ3n) is 6.70. The molecule has 5 rings (SSSR count). The summed E-state index contributed by atoms with van der Waals surface area (Å²) in [7, 11) is 0. The first-order chi connectivity index (χ1) is 15.5. The van der Waals surface area contributed by atoms with Crippen molar-refractivity contribution in [3.8, 4) is 0 Å². The van der Waals surface area contributed by atoms with Gasteiger partial charge in [-0.15, -0.1) is 0 Å². The van der Waals surface area contributed by atoms with Crippen molar-refractivity contribution < 1.29 is 14.4 Å². The molecular weight excluding hydrogens is 406 g/mol. The lowest BCUT2D eigenvalue weighted by atomic mass is 10.0. The van der Waals surface area contributed by atoms with Crippen molar-refractivity contribution in [3.05, 3.63) is 59.2 Å². The van der Waals surface area contributed by atoms with Crippen molar-refractivity contribution in [3.63, 3.8) is 0 Å². The zero-order valence-corrected chi connectivity index (χ0v) is 17.9. The molecule has 8 heteroatoms. The number of benzene rings is 2. The van der Waals surface area contributed by atoms with E-state index in [1.54, 1.807) is 4.90 Å². The molecule has 1 unspecified atom stereocenters. The number of piperazine rings is 1. The minimum Gasteiger partial charge on any atom is -0.399 e.